The highest BCUT2D eigenvalue weighted by atomic mass is 15.2. The number of nitrogens with one attached hydrogen (secondary N) is 1. The SMILES string of the molecule is CCC1CCC(CNCC(C)C)C(Cc2cnn(C)c2)C1. The van der Waals surface area contributed by atoms with Gasteiger partial charge in [-0.25, -0.2) is 0 Å². The molecule has 3 heteroatoms. The molecule has 3 nitrogen and oxygen atoms in total. The Balaban J connectivity index is 1.92. The van der Waals surface area contributed by atoms with Crippen molar-refractivity contribution in [3.05, 3.63) is 18.0 Å². The summed E-state index contributed by atoms with van der Waals surface area (Å²) in [6.07, 6.45) is 11.0. The molecule has 1 aromatic heterocycles. The molecule has 0 saturated heterocycles. The van der Waals surface area contributed by atoms with Crippen molar-refractivity contribution in [1.29, 1.82) is 0 Å². The highest BCUT2D eigenvalue weighted by molar-refractivity contribution is 5.06. The first-order valence-corrected chi connectivity index (χ1v) is 8.76. The lowest BCUT2D eigenvalue weighted by atomic mass is 9.71. The van der Waals surface area contributed by atoms with E-state index in [4.69, 9.17) is 0 Å². The van der Waals surface area contributed by atoms with E-state index in [1.165, 1.54) is 44.2 Å². The van der Waals surface area contributed by atoms with Gasteiger partial charge in [0.2, 0.25) is 0 Å². The third-order valence-corrected chi connectivity index (χ3v) is 5.04. The van der Waals surface area contributed by atoms with Crippen LogP contribution >= 0.6 is 0 Å². The van der Waals surface area contributed by atoms with Crippen LogP contribution in [0.4, 0.5) is 0 Å². The van der Waals surface area contributed by atoms with Gasteiger partial charge in [0.15, 0.2) is 0 Å². The normalized spacial score (nSPS) is 26.4. The predicted molar refractivity (Wildman–Crippen MR) is 89.2 cm³/mol. The van der Waals surface area contributed by atoms with Crippen molar-refractivity contribution in [1.82, 2.24) is 15.1 Å². The summed E-state index contributed by atoms with van der Waals surface area (Å²) in [4.78, 5) is 0. The van der Waals surface area contributed by atoms with Gasteiger partial charge in [-0.15, -0.1) is 0 Å². The number of hydrogen-bond donors (Lipinski definition) is 1. The van der Waals surface area contributed by atoms with Crippen molar-refractivity contribution in [2.45, 2.75) is 52.9 Å². The number of aryl methyl sites for hydroxylation is 1. The minimum atomic E-state index is 0.744. The van der Waals surface area contributed by atoms with Gasteiger partial charge >= 0.3 is 0 Å². The van der Waals surface area contributed by atoms with Gasteiger partial charge in [-0.3, -0.25) is 4.68 Å². The molecule has 120 valence electrons. The quantitative estimate of drug-likeness (QED) is 0.831. The average molecular weight is 291 g/mol. The first-order valence-electron chi connectivity index (χ1n) is 8.76. The van der Waals surface area contributed by atoms with Crippen molar-refractivity contribution in [3.8, 4) is 0 Å². The van der Waals surface area contributed by atoms with Crippen LogP contribution in [0.1, 0.15) is 52.0 Å². The highest BCUT2D eigenvalue weighted by Gasteiger charge is 2.29. The zero-order chi connectivity index (χ0) is 15.2. The molecular formula is C18H33N3. The summed E-state index contributed by atoms with van der Waals surface area (Å²) >= 11 is 0. The molecule has 0 amide bonds. The molecule has 0 aliphatic heterocycles. The summed E-state index contributed by atoms with van der Waals surface area (Å²) in [7, 11) is 2.01. The Morgan fingerprint density at radius 1 is 1.33 bits per heavy atom. The number of hydrogen-bond acceptors (Lipinski definition) is 2. The molecule has 1 saturated carbocycles. The molecule has 1 heterocycles. The highest BCUT2D eigenvalue weighted by Crippen LogP contribution is 2.37. The fraction of sp³-hybridized carbons (Fsp3) is 0.833. The van der Waals surface area contributed by atoms with Crippen molar-refractivity contribution in [3.63, 3.8) is 0 Å². The molecule has 0 spiro atoms. The summed E-state index contributed by atoms with van der Waals surface area (Å²) in [5.74, 6) is 3.35. The molecule has 3 unspecified atom stereocenters. The van der Waals surface area contributed by atoms with Crippen LogP contribution in [0.25, 0.3) is 0 Å². The number of nitrogens with zero attached hydrogens (tertiary/aromatic N) is 2. The molecular weight excluding hydrogens is 258 g/mol. The third kappa shape index (κ3) is 5.14. The van der Waals surface area contributed by atoms with E-state index in [2.05, 4.69) is 37.4 Å². The van der Waals surface area contributed by atoms with E-state index in [0.717, 1.165) is 30.2 Å². The minimum Gasteiger partial charge on any atom is -0.316 e. The lowest BCUT2D eigenvalue weighted by Gasteiger charge is -2.36. The second kappa shape index (κ2) is 7.98. The third-order valence-electron chi connectivity index (χ3n) is 5.04. The fourth-order valence-corrected chi connectivity index (χ4v) is 3.75. The molecule has 2 rings (SSSR count). The molecule has 1 N–H and O–H groups in total. The van der Waals surface area contributed by atoms with Gasteiger partial charge in [-0.2, -0.15) is 5.10 Å². The minimum absolute atomic E-state index is 0.744. The van der Waals surface area contributed by atoms with Crippen LogP contribution in [0.15, 0.2) is 12.4 Å². The standard InChI is InChI=1S/C18H33N3/c1-5-15-6-7-17(12-19-10-14(2)3)18(8-15)9-16-11-20-21(4)13-16/h11,13-15,17-19H,5-10,12H2,1-4H3. The Hall–Kier alpha value is -0.830. The summed E-state index contributed by atoms with van der Waals surface area (Å²) in [5.41, 5.74) is 1.41. The van der Waals surface area contributed by atoms with E-state index in [9.17, 15) is 0 Å². The molecule has 0 bridgehead atoms. The Morgan fingerprint density at radius 2 is 2.14 bits per heavy atom. The first-order chi connectivity index (χ1) is 10.1. The van der Waals surface area contributed by atoms with Gasteiger partial charge < -0.3 is 5.32 Å². The van der Waals surface area contributed by atoms with E-state index in [0.29, 0.717) is 0 Å². The number of aromatic nitrogens is 2. The molecule has 1 aliphatic carbocycles. The maximum absolute atomic E-state index is 4.33. The summed E-state index contributed by atoms with van der Waals surface area (Å²) < 4.78 is 1.93. The summed E-state index contributed by atoms with van der Waals surface area (Å²) in [6, 6.07) is 0. The van der Waals surface area contributed by atoms with Gasteiger partial charge in [-0.1, -0.05) is 33.6 Å². The maximum Gasteiger partial charge on any atom is 0.0521 e. The van der Waals surface area contributed by atoms with E-state index >= 15 is 0 Å². The van der Waals surface area contributed by atoms with Gasteiger partial charge in [0, 0.05) is 13.2 Å². The van der Waals surface area contributed by atoms with Crippen molar-refractivity contribution in [2.75, 3.05) is 13.1 Å². The second-order valence-electron chi connectivity index (χ2n) is 7.39. The van der Waals surface area contributed by atoms with Gasteiger partial charge in [0.25, 0.3) is 0 Å². The molecule has 0 radical (unpaired) electrons. The predicted octanol–water partition coefficient (Wildman–Crippen LogP) is 3.65. The fourth-order valence-electron chi connectivity index (χ4n) is 3.75. The largest absolute Gasteiger partial charge is 0.316 e. The maximum atomic E-state index is 4.33. The van der Waals surface area contributed by atoms with Gasteiger partial charge in [0.1, 0.15) is 0 Å². The summed E-state index contributed by atoms with van der Waals surface area (Å²) in [5, 5.41) is 8.02. The van der Waals surface area contributed by atoms with E-state index in [1.807, 2.05) is 17.9 Å². The zero-order valence-electron chi connectivity index (χ0n) is 14.3. The molecule has 21 heavy (non-hydrogen) atoms. The summed E-state index contributed by atoms with van der Waals surface area (Å²) in [6.45, 7) is 9.26. The topological polar surface area (TPSA) is 29.9 Å². The van der Waals surface area contributed by atoms with Crippen LogP contribution in [-0.4, -0.2) is 22.9 Å². The molecule has 1 aromatic rings. The van der Waals surface area contributed by atoms with Crippen molar-refractivity contribution >= 4 is 0 Å². The van der Waals surface area contributed by atoms with Gasteiger partial charge in [-0.05, 0) is 61.6 Å². The van der Waals surface area contributed by atoms with E-state index < -0.39 is 0 Å². The molecule has 3 atom stereocenters. The Morgan fingerprint density at radius 3 is 2.76 bits per heavy atom. The Bertz CT molecular complexity index is 410. The van der Waals surface area contributed by atoms with Crippen LogP contribution in [-0.2, 0) is 13.5 Å². The van der Waals surface area contributed by atoms with Gasteiger partial charge in [0.05, 0.1) is 6.20 Å². The van der Waals surface area contributed by atoms with Crippen LogP contribution in [0.3, 0.4) is 0 Å². The Kier molecular flexibility index (Phi) is 6.28. The van der Waals surface area contributed by atoms with Crippen molar-refractivity contribution < 1.29 is 0 Å². The Labute approximate surface area is 130 Å². The van der Waals surface area contributed by atoms with Crippen LogP contribution < -0.4 is 5.32 Å². The lowest BCUT2D eigenvalue weighted by molar-refractivity contribution is 0.170. The van der Waals surface area contributed by atoms with Crippen LogP contribution in [0, 0.1) is 23.7 Å². The molecule has 0 aromatic carbocycles. The molecule has 1 aliphatic rings. The second-order valence-corrected chi connectivity index (χ2v) is 7.39. The van der Waals surface area contributed by atoms with E-state index in [-0.39, 0.29) is 0 Å². The van der Waals surface area contributed by atoms with Crippen LogP contribution in [0.2, 0.25) is 0 Å². The zero-order valence-corrected chi connectivity index (χ0v) is 14.3. The monoisotopic (exact) mass is 291 g/mol. The lowest BCUT2D eigenvalue weighted by Crippen LogP contribution is -2.35. The average Bonchev–Trinajstić information content (AvgIpc) is 2.85. The van der Waals surface area contributed by atoms with E-state index in [1.54, 1.807) is 0 Å². The van der Waals surface area contributed by atoms with Crippen molar-refractivity contribution in [2.24, 2.45) is 30.7 Å². The number of rotatable bonds is 7. The molecule has 1 fully saturated rings. The van der Waals surface area contributed by atoms with Crippen LogP contribution in [0.5, 0.6) is 0 Å². The first kappa shape index (κ1) is 16.5. The smallest absolute Gasteiger partial charge is 0.0521 e.